The van der Waals surface area contributed by atoms with Gasteiger partial charge in [0.1, 0.15) is 0 Å². The first-order chi connectivity index (χ1) is 7.20. The maximum Gasteiger partial charge on any atom is 0.0830 e. The maximum atomic E-state index is 10.4. The van der Waals surface area contributed by atoms with Crippen LogP contribution in [0.15, 0.2) is 12.2 Å². The van der Waals surface area contributed by atoms with E-state index in [0.29, 0.717) is 5.92 Å². The van der Waals surface area contributed by atoms with Gasteiger partial charge in [0.2, 0.25) is 0 Å². The zero-order chi connectivity index (χ0) is 11.1. The average molecular weight is 210 g/mol. The SMILES string of the molecule is CCCCC(CC)CC1(O)C=CCCC1. The molecule has 1 N–H and O–H groups in total. The highest BCUT2D eigenvalue weighted by atomic mass is 16.3. The fourth-order valence-corrected chi connectivity index (χ4v) is 2.53. The molecule has 0 amide bonds. The standard InChI is InChI=1S/C14H26O/c1-3-5-9-13(4-2)12-14(15)10-7-6-8-11-14/h7,10,13,15H,3-6,8-9,11-12H2,1-2H3. The van der Waals surface area contributed by atoms with Crippen LogP contribution in [0.5, 0.6) is 0 Å². The van der Waals surface area contributed by atoms with Crippen LogP contribution >= 0.6 is 0 Å². The van der Waals surface area contributed by atoms with Gasteiger partial charge in [0.25, 0.3) is 0 Å². The molecule has 1 heteroatoms. The lowest BCUT2D eigenvalue weighted by atomic mass is 9.80. The summed E-state index contributed by atoms with van der Waals surface area (Å²) in [7, 11) is 0. The molecule has 0 radical (unpaired) electrons. The smallest absolute Gasteiger partial charge is 0.0830 e. The van der Waals surface area contributed by atoms with Crippen LogP contribution < -0.4 is 0 Å². The Bertz CT molecular complexity index is 198. The third kappa shape index (κ3) is 4.38. The van der Waals surface area contributed by atoms with Crippen LogP contribution in [0.1, 0.15) is 65.2 Å². The third-order valence-corrected chi connectivity index (χ3v) is 3.59. The molecule has 0 heterocycles. The van der Waals surface area contributed by atoms with E-state index >= 15 is 0 Å². The third-order valence-electron chi connectivity index (χ3n) is 3.59. The van der Waals surface area contributed by atoms with E-state index < -0.39 is 5.60 Å². The van der Waals surface area contributed by atoms with Crippen LogP contribution in [0, 0.1) is 5.92 Å². The first-order valence-corrected chi connectivity index (χ1v) is 6.60. The Hall–Kier alpha value is -0.300. The van der Waals surface area contributed by atoms with Crippen molar-refractivity contribution in [1.29, 1.82) is 0 Å². The number of aliphatic hydroxyl groups is 1. The molecule has 1 nitrogen and oxygen atoms in total. The topological polar surface area (TPSA) is 20.2 Å². The number of rotatable bonds is 6. The minimum Gasteiger partial charge on any atom is -0.386 e. The Morgan fingerprint density at radius 3 is 2.73 bits per heavy atom. The largest absolute Gasteiger partial charge is 0.386 e. The summed E-state index contributed by atoms with van der Waals surface area (Å²) in [5.41, 5.74) is -0.479. The zero-order valence-corrected chi connectivity index (χ0v) is 10.3. The van der Waals surface area contributed by atoms with Crippen molar-refractivity contribution in [1.82, 2.24) is 0 Å². The van der Waals surface area contributed by atoms with Gasteiger partial charge in [0, 0.05) is 0 Å². The predicted molar refractivity (Wildman–Crippen MR) is 65.9 cm³/mol. The van der Waals surface area contributed by atoms with Gasteiger partial charge in [-0.05, 0) is 31.6 Å². The summed E-state index contributed by atoms with van der Waals surface area (Å²) in [4.78, 5) is 0. The molecule has 0 aromatic heterocycles. The van der Waals surface area contributed by atoms with E-state index in [1.807, 2.05) is 6.08 Å². The van der Waals surface area contributed by atoms with E-state index in [1.54, 1.807) is 0 Å². The van der Waals surface area contributed by atoms with Crippen molar-refractivity contribution in [2.24, 2.45) is 5.92 Å². The normalized spacial score (nSPS) is 27.9. The van der Waals surface area contributed by atoms with Crippen LogP contribution in [0.4, 0.5) is 0 Å². The lowest BCUT2D eigenvalue weighted by molar-refractivity contribution is 0.0456. The van der Waals surface area contributed by atoms with E-state index in [2.05, 4.69) is 19.9 Å². The second-order valence-corrected chi connectivity index (χ2v) is 5.02. The molecule has 1 rings (SSSR count). The van der Waals surface area contributed by atoms with E-state index in [1.165, 1.54) is 25.7 Å². The summed E-state index contributed by atoms with van der Waals surface area (Å²) >= 11 is 0. The van der Waals surface area contributed by atoms with Gasteiger partial charge in [-0.3, -0.25) is 0 Å². The summed E-state index contributed by atoms with van der Waals surface area (Å²) in [5.74, 6) is 0.706. The Labute approximate surface area is 94.6 Å². The highest BCUT2D eigenvalue weighted by molar-refractivity contribution is 5.05. The van der Waals surface area contributed by atoms with Gasteiger partial charge >= 0.3 is 0 Å². The molecule has 0 spiro atoms. The van der Waals surface area contributed by atoms with E-state index in [4.69, 9.17) is 0 Å². The summed E-state index contributed by atoms with van der Waals surface area (Å²) < 4.78 is 0. The van der Waals surface area contributed by atoms with Crippen LogP contribution in [0.3, 0.4) is 0 Å². The van der Waals surface area contributed by atoms with E-state index in [-0.39, 0.29) is 0 Å². The summed E-state index contributed by atoms with van der Waals surface area (Å²) in [6.07, 6.45) is 13.5. The van der Waals surface area contributed by atoms with Crippen molar-refractivity contribution < 1.29 is 5.11 Å². The van der Waals surface area contributed by atoms with Crippen LogP contribution in [-0.2, 0) is 0 Å². The fraction of sp³-hybridized carbons (Fsp3) is 0.857. The molecular weight excluding hydrogens is 184 g/mol. The quantitative estimate of drug-likeness (QED) is 0.655. The second kappa shape index (κ2) is 6.32. The molecule has 15 heavy (non-hydrogen) atoms. The van der Waals surface area contributed by atoms with Crippen LogP contribution in [-0.4, -0.2) is 10.7 Å². The number of unbranched alkanes of at least 4 members (excludes halogenated alkanes) is 1. The molecule has 0 saturated carbocycles. The van der Waals surface area contributed by atoms with Gasteiger partial charge in [-0.1, -0.05) is 51.7 Å². The van der Waals surface area contributed by atoms with Crippen molar-refractivity contribution in [2.75, 3.05) is 0 Å². The first kappa shape index (κ1) is 12.8. The van der Waals surface area contributed by atoms with Gasteiger partial charge in [0.05, 0.1) is 5.60 Å². The Morgan fingerprint density at radius 1 is 1.40 bits per heavy atom. The molecule has 88 valence electrons. The minimum absolute atomic E-state index is 0.479. The Morgan fingerprint density at radius 2 is 2.20 bits per heavy atom. The van der Waals surface area contributed by atoms with Gasteiger partial charge in [-0.2, -0.15) is 0 Å². The van der Waals surface area contributed by atoms with Crippen molar-refractivity contribution in [3.8, 4) is 0 Å². The molecule has 2 unspecified atom stereocenters. The molecule has 1 aliphatic carbocycles. The number of allylic oxidation sites excluding steroid dienone is 1. The molecule has 1 aliphatic rings. The Balaban J connectivity index is 2.42. The highest BCUT2D eigenvalue weighted by Gasteiger charge is 2.27. The lowest BCUT2D eigenvalue weighted by Gasteiger charge is -2.31. The molecule has 0 bridgehead atoms. The predicted octanol–water partition coefficient (Wildman–Crippen LogP) is 4.06. The number of hydrogen-bond acceptors (Lipinski definition) is 1. The number of hydrogen-bond donors (Lipinski definition) is 1. The van der Waals surface area contributed by atoms with Crippen molar-refractivity contribution in [2.45, 2.75) is 70.8 Å². The molecular formula is C14H26O. The summed E-state index contributed by atoms with van der Waals surface area (Å²) in [6, 6.07) is 0. The van der Waals surface area contributed by atoms with Gasteiger partial charge in [0.15, 0.2) is 0 Å². The molecule has 0 aromatic rings. The van der Waals surface area contributed by atoms with Gasteiger partial charge in [-0.25, -0.2) is 0 Å². The lowest BCUT2D eigenvalue weighted by Crippen LogP contribution is -2.30. The summed E-state index contributed by atoms with van der Waals surface area (Å²) in [5, 5.41) is 10.4. The Kier molecular flexibility index (Phi) is 5.38. The summed E-state index contributed by atoms with van der Waals surface area (Å²) in [6.45, 7) is 4.48. The van der Waals surface area contributed by atoms with Crippen LogP contribution in [0.25, 0.3) is 0 Å². The monoisotopic (exact) mass is 210 g/mol. The molecule has 0 fully saturated rings. The van der Waals surface area contributed by atoms with Gasteiger partial charge < -0.3 is 5.11 Å². The van der Waals surface area contributed by atoms with E-state index in [0.717, 1.165) is 25.7 Å². The maximum absolute atomic E-state index is 10.4. The fourth-order valence-electron chi connectivity index (χ4n) is 2.53. The zero-order valence-electron chi connectivity index (χ0n) is 10.3. The van der Waals surface area contributed by atoms with Crippen molar-refractivity contribution >= 4 is 0 Å². The second-order valence-electron chi connectivity index (χ2n) is 5.02. The van der Waals surface area contributed by atoms with Crippen molar-refractivity contribution in [3.63, 3.8) is 0 Å². The molecule has 0 aliphatic heterocycles. The first-order valence-electron chi connectivity index (χ1n) is 6.60. The molecule has 0 aromatic carbocycles. The van der Waals surface area contributed by atoms with Crippen molar-refractivity contribution in [3.05, 3.63) is 12.2 Å². The molecule has 2 atom stereocenters. The highest BCUT2D eigenvalue weighted by Crippen LogP contribution is 2.31. The van der Waals surface area contributed by atoms with Crippen LogP contribution in [0.2, 0.25) is 0 Å². The minimum atomic E-state index is -0.479. The van der Waals surface area contributed by atoms with E-state index in [9.17, 15) is 5.11 Å². The average Bonchev–Trinajstić information content (AvgIpc) is 2.25. The van der Waals surface area contributed by atoms with Gasteiger partial charge in [-0.15, -0.1) is 0 Å². The molecule has 0 saturated heterocycles.